The van der Waals surface area contributed by atoms with Crippen molar-refractivity contribution in [2.24, 2.45) is 0 Å². The molecule has 0 radical (unpaired) electrons. The maximum Gasteiger partial charge on any atom is 0.195 e. The molecule has 3 heteroatoms. The van der Waals surface area contributed by atoms with Crippen LogP contribution in [0.15, 0.2) is 0 Å². The molecule has 0 aliphatic rings. The van der Waals surface area contributed by atoms with E-state index in [9.17, 15) is 0 Å². The molecule has 1 nitrogen and oxygen atoms in total. The molecule has 0 N–H and O–H groups in total. The van der Waals surface area contributed by atoms with E-state index in [4.69, 9.17) is 4.52 Å². The molecule has 0 aromatic carbocycles. The fourth-order valence-corrected chi connectivity index (χ4v) is 0.707. The molecule has 6 heavy (non-hydrogen) atoms. The second-order valence-corrected chi connectivity index (χ2v) is 3.28. The second-order valence-electron chi connectivity index (χ2n) is 1.48. The van der Waals surface area contributed by atoms with Gasteiger partial charge in [0.1, 0.15) is 0 Å². The van der Waals surface area contributed by atoms with Crippen molar-refractivity contribution in [2.45, 2.75) is 13.6 Å². The van der Waals surface area contributed by atoms with E-state index in [1.807, 2.05) is 0 Å². The summed E-state index contributed by atoms with van der Waals surface area (Å²) in [5, 5.41) is 0. The minimum absolute atomic E-state index is 0.671. The first-order valence-electron chi connectivity index (χ1n) is 2.06. The standard InChI is InChI=1S/C3H10BOP/c1-4(2)6-5-3/h6H,1-3H3. The van der Waals surface area contributed by atoms with E-state index in [2.05, 4.69) is 13.6 Å². The molecule has 0 fully saturated rings. The molecule has 0 heterocycles. The zero-order valence-corrected chi connectivity index (χ0v) is 5.49. The molecule has 36 valence electrons. The Hall–Kier alpha value is 0.455. The predicted molar refractivity (Wildman–Crippen MR) is 32.8 cm³/mol. The summed E-state index contributed by atoms with van der Waals surface area (Å²) in [6, 6.07) is 0. The molecule has 0 aromatic rings. The zero-order valence-electron chi connectivity index (χ0n) is 4.49. The van der Waals surface area contributed by atoms with Gasteiger partial charge in [-0.1, -0.05) is 13.6 Å². The molecule has 0 amide bonds. The quantitative estimate of drug-likeness (QED) is 0.380. The third-order valence-corrected chi connectivity index (χ3v) is 1.06. The highest BCUT2D eigenvalue weighted by Crippen LogP contribution is 2.12. The van der Waals surface area contributed by atoms with Gasteiger partial charge in [0.05, 0.1) is 0 Å². The Balaban J connectivity index is 2.63. The molecule has 1 atom stereocenters. The third kappa shape index (κ3) is 4.45. The van der Waals surface area contributed by atoms with Crippen molar-refractivity contribution >= 4 is 15.1 Å². The highest BCUT2D eigenvalue weighted by molar-refractivity contribution is 7.72. The van der Waals surface area contributed by atoms with Crippen molar-refractivity contribution in [3.05, 3.63) is 0 Å². The van der Waals surface area contributed by atoms with E-state index in [1.165, 1.54) is 0 Å². The van der Waals surface area contributed by atoms with E-state index < -0.39 is 0 Å². The maximum atomic E-state index is 4.83. The molecule has 0 aliphatic heterocycles. The Bertz CT molecular complexity index is 32.0. The van der Waals surface area contributed by atoms with E-state index in [-0.39, 0.29) is 0 Å². The van der Waals surface area contributed by atoms with Crippen LogP contribution in [0.5, 0.6) is 0 Å². The number of rotatable bonds is 2. The molecule has 0 saturated heterocycles. The summed E-state index contributed by atoms with van der Waals surface area (Å²) in [7, 11) is 2.41. The summed E-state index contributed by atoms with van der Waals surface area (Å²) in [6.45, 7) is 4.28. The van der Waals surface area contributed by atoms with Crippen LogP contribution in [0.3, 0.4) is 0 Å². The normalized spacial score (nSPS) is 10.5. The van der Waals surface area contributed by atoms with E-state index in [0.717, 1.165) is 0 Å². The van der Waals surface area contributed by atoms with Gasteiger partial charge in [-0.3, -0.25) is 0 Å². The van der Waals surface area contributed by atoms with Crippen LogP contribution in [0.1, 0.15) is 0 Å². The minimum atomic E-state index is 0.671. The van der Waals surface area contributed by atoms with Gasteiger partial charge >= 0.3 is 0 Å². The molecular formula is C3H10BOP. The summed E-state index contributed by atoms with van der Waals surface area (Å²) in [4.78, 5) is 0. The van der Waals surface area contributed by atoms with Crippen LogP contribution >= 0.6 is 8.69 Å². The maximum absolute atomic E-state index is 4.83. The fraction of sp³-hybridized carbons (Fsp3) is 1.00. The summed E-state index contributed by atoms with van der Waals surface area (Å²) < 4.78 is 4.83. The highest BCUT2D eigenvalue weighted by atomic mass is 31.1. The second kappa shape index (κ2) is 3.64. The lowest BCUT2D eigenvalue weighted by Gasteiger charge is -1.93. The van der Waals surface area contributed by atoms with Gasteiger partial charge in [0.2, 0.25) is 0 Å². The summed E-state index contributed by atoms with van der Waals surface area (Å²) >= 11 is 0. The van der Waals surface area contributed by atoms with Gasteiger partial charge in [-0.05, 0) is 8.69 Å². The molecule has 0 spiro atoms. The van der Waals surface area contributed by atoms with Crippen LogP contribution in [-0.4, -0.2) is 13.5 Å². The van der Waals surface area contributed by atoms with Gasteiger partial charge < -0.3 is 4.52 Å². The Morgan fingerprint density at radius 2 is 2.00 bits per heavy atom. The molecular weight excluding hydrogens is 93.8 g/mol. The summed E-state index contributed by atoms with van der Waals surface area (Å²) in [5.41, 5.74) is 0. The van der Waals surface area contributed by atoms with Gasteiger partial charge in [-0.15, -0.1) is 0 Å². The Kier molecular flexibility index (Phi) is 3.91. The summed E-state index contributed by atoms with van der Waals surface area (Å²) in [6.07, 6.45) is 0.704. The molecule has 0 saturated carbocycles. The lowest BCUT2D eigenvalue weighted by atomic mass is 9.84. The monoisotopic (exact) mass is 104 g/mol. The van der Waals surface area contributed by atoms with Crippen LogP contribution in [-0.2, 0) is 4.52 Å². The Morgan fingerprint density at radius 3 is 2.00 bits per heavy atom. The first kappa shape index (κ1) is 6.45. The lowest BCUT2D eigenvalue weighted by Crippen LogP contribution is -1.87. The van der Waals surface area contributed by atoms with E-state index in [0.29, 0.717) is 15.1 Å². The molecule has 1 unspecified atom stereocenters. The van der Waals surface area contributed by atoms with Gasteiger partial charge in [0, 0.05) is 7.11 Å². The van der Waals surface area contributed by atoms with E-state index in [1.54, 1.807) is 7.11 Å². The van der Waals surface area contributed by atoms with E-state index >= 15 is 0 Å². The van der Waals surface area contributed by atoms with Crippen LogP contribution in [0, 0.1) is 0 Å². The SMILES string of the molecule is COPB(C)C. The zero-order chi connectivity index (χ0) is 4.99. The fourth-order valence-electron chi connectivity index (χ4n) is 0.236. The smallest absolute Gasteiger partial charge is 0.195 e. The Morgan fingerprint density at radius 1 is 1.50 bits per heavy atom. The number of hydrogen-bond acceptors (Lipinski definition) is 1. The van der Waals surface area contributed by atoms with Gasteiger partial charge in [-0.25, -0.2) is 0 Å². The van der Waals surface area contributed by atoms with Gasteiger partial charge in [0.25, 0.3) is 0 Å². The average molecular weight is 104 g/mol. The van der Waals surface area contributed by atoms with Crippen LogP contribution < -0.4 is 0 Å². The molecule has 0 rings (SSSR count). The van der Waals surface area contributed by atoms with Crippen molar-refractivity contribution in [3.8, 4) is 0 Å². The lowest BCUT2D eigenvalue weighted by molar-refractivity contribution is 0.483. The topological polar surface area (TPSA) is 9.23 Å². The largest absolute Gasteiger partial charge is 0.375 e. The third-order valence-electron chi connectivity index (χ3n) is 0.354. The minimum Gasteiger partial charge on any atom is -0.375 e. The molecule has 0 bridgehead atoms. The average Bonchev–Trinajstić information content (AvgIpc) is 1.35. The van der Waals surface area contributed by atoms with Crippen molar-refractivity contribution in [2.75, 3.05) is 7.11 Å². The predicted octanol–water partition coefficient (Wildman–Crippen LogP) is 1.48. The van der Waals surface area contributed by atoms with Gasteiger partial charge in [-0.2, -0.15) is 0 Å². The van der Waals surface area contributed by atoms with Crippen molar-refractivity contribution < 1.29 is 4.52 Å². The molecule has 0 aliphatic carbocycles. The van der Waals surface area contributed by atoms with Crippen LogP contribution in [0.2, 0.25) is 13.6 Å². The van der Waals surface area contributed by atoms with Crippen molar-refractivity contribution in [3.63, 3.8) is 0 Å². The first-order valence-corrected chi connectivity index (χ1v) is 3.04. The van der Waals surface area contributed by atoms with Crippen LogP contribution in [0.25, 0.3) is 0 Å². The first-order chi connectivity index (χ1) is 2.77. The summed E-state index contributed by atoms with van der Waals surface area (Å²) in [5.74, 6) is 0. The van der Waals surface area contributed by atoms with Crippen LogP contribution in [0.4, 0.5) is 0 Å². The van der Waals surface area contributed by atoms with Crippen molar-refractivity contribution in [1.82, 2.24) is 0 Å². The highest BCUT2D eigenvalue weighted by Gasteiger charge is 1.92. The Labute approximate surface area is 41.4 Å². The van der Waals surface area contributed by atoms with Gasteiger partial charge in [0.15, 0.2) is 6.43 Å². The van der Waals surface area contributed by atoms with Crippen molar-refractivity contribution in [1.29, 1.82) is 0 Å². The number of hydrogen-bond donors (Lipinski definition) is 0. The molecule has 0 aromatic heterocycles.